The van der Waals surface area contributed by atoms with Gasteiger partial charge in [-0.05, 0) is 36.6 Å². The molecule has 0 aliphatic heterocycles. The molecule has 90 valence electrons. The minimum Gasteiger partial charge on any atom is -0.330 e. The summed E-state index contributed by atoms with van der Waals surface area (Å²) in [7, 11) is 0. The molecule has 1 saturated carbocycles. The highest BCUT2D eigenvalue weighted by molar-refractivity contribution is 7.02. The molecule has 1 aromatic rings. The van der Waals surface area contributed by atoms with Crippen LogP contribution in [-0.4, -0.2) is 15.9 Å². The summed E-state index contributed by atoms with van der Waals surface area (Å²) in [5, 5.41) is 0. The Morgan fingerprint density at radius 2 is 2.12 bits per heavy atom. The van der Waals surface area contributed by atoms with Gasteiger partial charge in [0.05, 0.1) is 0 Å². The molecule has 0 aromatic carbocycles. The van der Waals surface area contributed by atoms with Crippen molar-refractivity contribution in [3.63, 3.8) is 0 Å². The van der Waals surface area contributed by atoms with E-state index in [1.807, 2.05) is 0 Å². The molecule has 0 radical (unpaired) electrons. The topological polar surface area (TPSA) is 71.8 Å². The summed E-state index contributed by atoms with van der Waals surface area (Å²) >= 11 is 0.997. The Morgan fingerprint density at radius 3 is 2.56 bits per heavy atom. The van der Waals surface area contributed by atoms with Crippen LogP contribution in [0.2, 0.25) is 0 Å². The smallest absolute Gasteiger partial charge is 0.323 e. The van der Waals surface area contributed by atoms with E-state index in [1.165, 1.54) is 0 Å². The molecule has 0 bridgehead atoms. The molecular weight excluding hydrogens is 222 g/mol. The molecular formula is C11H19N3OS. The first kappa shape index (κ1) is 11.8. The van der Waals surface area contributed by atoms with Crippen molar-refractivity contribution in [1.29, 1.82) is 0 Å². The molecule has 0 saturated heterocycles. The van der Waals surface area contributed by atoms with Gasteiger partial charge in [0.1, 0.15) is 5.82 Å². The molecule has 16 heavy (non-hydrogen) atoms. The van der Waals surface area contributed by atoms with Gasteiger partial charge in [0.15, 0.2) is 0 Å². The molecule has 0 amide bonds. The minimum atomic E-state index is -0.0683. The van der Waals surface area contributed by atoms with Gasteiger partial charge >= 0.3 is 4.87 Å². The standard InChI is InChI=1S/C11H19N3OS/c1-7-3-11(6-12,4-8(7)2)5-9-13-10(15)16-14-9/h7-8H,3-6,12H2,1-2H3,(H,13,14,15)/t7-,8+,11+. The van der Waals surface area contributed by atoms with Gasteiger partial charge in [0.25, 0.3) is 0 Å². The summed E-state index contributed by atoms with van der Waals surface area (Å²) < 4.78 is 4.14. The normalized spacial score (nSPS) is 34.4. The van der Waals surface area contributed by atoms with Crippen LogP contribution in [-0.2, 0) is 6.42 Å². The van der Waals surface area contributed by atoms with Crippen LogP contribution >= 0.6 is 11.5 Å². The fraction of sp³-hybridized carbons (Fsp3) is 0.818. The van der Waals surface area contributed by atoms with Crippen LogP contribution in [0.5, 0.6) is 0 Å². The summed E-state index contributed by atoms with van der Waals surface area (Å²) in [4.78, 5) is 13.8. The van der Waals surface area contributed by atoms with Crippen LogP contribution in [0.4, 0.5) is 0 Å². The molecule has 1 aliphatic carbocycles. The zero-order valence-electron chi connectivity index (χ0n) is 9.82. The lowest BCUT2D eigenvalue weighted by Crippen LogP contribution is -2.31. The Labute approximate surface area is 99.4 Å². The highest BCUT2D eigenvalue weighted by atomic mass is 32.1. The molecule has 0 spiro atoms. The highest BCUT2D eigenvalue weighted by Crippen LogP contribution is 2.46. The lowest BCUT2D eigenvalue weighted by molar-refractivity contribution is 0.286. The van der Waals surface area contributed by atoms with Crippen molar-refractivity contribution in [2.24, 2.45) is 23.0 Å². The zero-order valence-corrected chi connectivity index (χ0v) is 10.6. The fourth-order valence-electron chi connectivity index (χ4n) is 2.93. The second kappa shape index (κ2) is 4.30. The SMILES string of the molecule is C[C@@H]1C[C@@](CN)(Cc2nsc(=O)[nH]2)C[C@@H]1C. The van der Waals surface area contributed by atoms with Crippen LogP contribution in [0.1, 0.15) is 32.5 Å². The largest absolute Gasteiger partial charge is 0.330 e. The first-order valence-electron chi connectivity index (χ1n) is 5.79. The summed E-state index contributed by atoms with van der Waals surface area (Å²) in [6.45, 7) is 5.25. The first-order chi connectivity index (χ1) is 7.54. The number of aromatic amines is 1. The third kappa shape index (κ3) is 2.20. The van der Waals surface area contributed by atoms with Crippen molar-refractivity contribution in [2.75, 3.05) is 6.54 Å². The van der Waals surface area contributed by atoms with E-state index in [0.717, 1.165) is 36.6 Å². The van der Waals surface area contributed by atoms with Crippen LogP contribution < -0.4 is 10.6 Å². The lowest BCUT2D eigenvalue weighted by Gasteiger charge is -2.26. The van der Waals surface area contributed by atoms with Crippen molar-refractivity contribution in [1.82, 2.24) is 9.36 Å². The first-order valence-corrected chi connectivity index (χ1v) is 6.57. The maximum absolute atomic E-state index is 11.1. The van der Waals surface area contributed by atoms with Gasteiger partial charge in [-0.25, -0.2) is 0 Å². The molecule has 5 heteroatoms. The van der Waals surface area contributed by atoms with Gasteiger partial charge < -0.3 is 5.73 Å². The Bertz CT molecular complexity index is 401. The molecule has 1 aliphatic rings. The van der Waals surface area contributed by atoms with E-state index in [0.29, 0.717) is 18.4 Å². The van der Waals surface area contributed by atoms with Crippen molar-refractivity contribution in [3.05, 3.63) is 15.5 Å². The molecule has 1 aromatic heterocycles. The summed E-state index contributed by atoms with van der Waals surface area (Å²) in [5.41, 5.74) is 6.08. The number of nitrogens with one attached hydrogen (secondary N) is 1. The number of nitrogens with zero attached hydrogens (tertiary/aromatic N) is 1. The molecule has 2 rings (SSSR count). The lowest BCUT2D eigenvalue weighted by atomic mass is 9.81. The predicted molar refractivity (Wildman–Crippen MR) is 65.5 cm³/mol. The van der Waals surface area contributed by atoms with E-state index >= 15 is 0 Å². The van der Waals surface area contributed by atoms with Crippen LogP contribution in [0.15, 0.2) is 4.79 Å². The average molecular weight is 241 g/mol. The van der Waals surface area contributed by atoms with E-state index < -0.39 is 0 Å². The number of H-pyrrole nitrogens is 1. The molecule has 1 heterocycles. The monoisotopic (exact) mass is 241 g/mol. The van der Waals surface area contributed by atoms with E-state index in [1.54, 1.807) is 0 Å². The number of hydrogen-bond donors (Lipinski definition) is 2. The zero-order chi connectivity index (χ0) is 11.8. The molecule has 1 fully saturated rings. The molecule has 3 N–H and O–H groups in total. The van der Waals surface area contributed by atoms with Crippen molar-refractivity contribution >= 4 is 11.5 Å². The van der Waals surface area contributed by atoms with Crippen LogP contribution in [0, 0.1) is 17.3 Å². The number of hydrogen-bond acceptors (Lipinski definition) is 4. The second-order valence-electron chi connectivity index (χ2n) is 5.29. The Kier molecular flexibility index (Phi) is 3.17. The van der Waals surface area contributed by atoms with Gasteiger partial charge in [-0.15, -0.1) is 0 Å². The van der Waals surface area contributed by atoms with E-state index in [4.69, 9.17) is 5.73 Å². The number of nitrogens with two attached hydrogens (primary N) is 1. The van der Waals surface area contributed by atoms with Gasteiger partial charge in [-0.2, -0.15) is 4.37 Å². The fourth-order valence-corrected chi connectivity index (χ4v) is 3.39. The van der Waals surface area contributed by atoms with Crippen LogP contribution in [0.3, 0.4) is 0 Å². The Morgan fingerprint density at radius 1 is 1.50 bits per heavy atom. The third-order valence-corrected chi connectivity index (χ3v) is 4.52. The number of rotatable bonds is 3. The van der Waals surface area contributed by atoms with Crippen molar-refractivity contribution in [2.45, 2.75) is 33.1 Å². The van der Waals surface area contributed by atoms with Crippen molar-refractivity contribution in [3.8, 4) is 0 Å². The quantitative estimate of drug-likeness (QED) is 0.840. The maximum atomic E-state index is 11.1. The Balaban J connectivity index is 2.14. The average Bonchev–Trinajstić information content (AvgIpc) is 2.74. The van der Waals surface area contributed by atoms with Crippen LogP contribution in [0.25, 0.3) is 0 Å². The second-order valence-corrected chi connectivity index (χ2v) is 6.02. The third-order valence-electron chi connectivity index (χ3n) is 3.94. The van der Waals surface area contributed by atoms with E-state index in [-0.39, 0.29) is 10.3 Å². The summed E-state index contributed by atoms with van der Waals surface area (Å²) in [5.74, 6) is 2.24. The van der Waals surface area contributed by atoms with Crippen molar-refractivity contribution < 1.29 is 0 Å². The van der Waals surface area contributed by atoms with Gasteiger partial charge in [-0.1, -0.05) is 13.8 Å². The van der Waals surface area contributed by atoms with E-state index in [9.17, 15) is 4.79 Å². The predicted octanol–water partition coefficient (Wildman–Crippen LogP) is 1.39. The molecule has 3 atom stereocenters. The summed E-state index contributed by atoms with van der Waals surface area (Å²) in [6.07, 6.45) is 3.10. The minimum absolute atomic E-state index is 0.0683. The molecule has 4 nitrogen and oxygen atoms in total. The van der Waals surface area contributed by atoms with E-state index in [2.05, 4.69) is 23.2 Å². The Hall–Kier alpha value is -0.680. The van der Waals surface area contributed by atoms with Gasteiger partial charge in [-0.3, -0.25) is 9.78 Å². The summed E-state index contributed by atoms with van der Waals surface area (Å²) in [6, 6.07) is 0. The highest BCUT2D eigenvalue weighted by Gasteiger charge is 2.41. The number of aromatic nitrogens is 2. The molecule has 0 unspecified atom stereocenters. The maximum Gasteiger partial charge on any atom is 0.323 e. The van der Waals surface area contributed by atoms with Gasteiger partial charge in [0.2, 0.25) is 0 Å². The van der Waals surface area contributed by atoms with Gasteiger partial charge in [0, 0.05) is 18.0 Å².